The molecular weight excluding hydrogens is 280 g/mol. The smallest absolute Gasteiger partial charge is 0.328 e. The van der Waals surface area contributed by atoms with Gasteiger partial charge in [-0.05, 0) is 42.0 Å². The Labute approximate surface area is 109 Å². The van der Waals surface area contributed by atoms with Crippen LogP contribution in [0.2, 0.25) is 0 Å². The number of halogens is 1. The quantitative estimate of drug-likeness (QED) is 0.852. The molecule has 1 aliphatic rings. The fourth-order valence-electron chi connectivity index (χ4n) is 2.47. The van der Waals surface area contributed by atoms with E-state index in [2.05, 4.69) is 15.9 Å². The highest BCUT2D eigenvalue weighted by Crippen LogP contribution is 2.37. The third-order valence-corrected chi connectivity index (χ3v) is 3.73. The van der Waals surface area contributed by atoms with E-state index < -0.39 is 5.97 Å². The summed E-state index contributed by atoms with van der Waals surface area (Å²) in [5.41, 5.74) is 1.99. The third kappa shape index (κ3) is 3.19. The summed E-state index contributed by atoms with van der Waals surface area (Å²) in [6.45, 7) is 0. The summed E-state index contributed by atoms with van der Waals surface area (Å²) >= 11 is 3.43. The summed E-state index contributed by atoms with van der Waals surface area (Å²) in [7, 11) is 0. The molecule has 0 bridgehead atoms. The van der Waals surface area contributed by atoms with Gasteiger partial charge in [-0.1, -0.05) is 40.9 Å². The molecule has 2 nitrogen and oxygen atoms in total. The van der Waals surface area contributed by atoms with Gasteiger partial charge in [-0.3, -0.25) is 0 Å². The Balaban J connectivity index is 2.36. The molecule has 1 aromatic carbocycles. The number of aliphatic carboxylic acids is 1. The summed E-state index contributed by atoms with van der Waals surface area (Å²) in [5, 5.41) is 8.99. The Morgan fingerprint density at radius 2 is 2.06 bits per heavy atom. The maximum Gasteiger partial charge on any atom is 0.328 e. The van der Waals surface area contributed by atoms with Gasteiger partial charge < -0.3 is 5.11 Å². The van der Waals surface area contributed by atoms with Crippen LogP contribution >= 0.6 is 15.9 Å². The van der Waals surface area contributed by atoms with Gasteiger partial charge in [0, 0.05) is 10.5 Å². The average Bonchev–Trinajstić information content (AvgIpc) is 2.79. The molecule has 0 amide bonds. The van der Waals surface area contributed by atoms with Crippen molar-refractivity contribution < 1.29 is 9.90 Å². The maximum absolute atomic E-state index is 10.9. The lowest BCUT2D eigenvalue weighted by Crippen LogP contribution is -2.02. The van der Waals surface area contributed by atoms with Crippen LogP contribution in [0.5, 0.6) is 0 Å². The SMILES string of the molecule is O=C(O)C=C(c1cccc(Br)c1)C1CCCC1. The number of hydrogen-bond acceptors (Lipinski definition) is 1. The fourth-order valence-corrected chi connectivity index (χ4v) is 2.87. The molecule has 0 aliphatic heterocycles. The van der Waals surface area contributed by atoms with E-state index in [9.17, 15) is 4.79 Å². The van der Waals surface area contributed by atoms with Crippen LogP contribution in [0.15, 0.2) is 34.8 Å². The second-order valence-electron chi connectivity index (χ2n) is 4.43. The standard InChI is InChI=1S/C14H15BrO2/c15-12-7-3-6-11(8-12)13(9-14(16)17)10-4-1-2-5-10/h3,6-10H,1-2,4-5H2,(H,16,17). The molecule has 17 heavy (non-hydrogen) atoms. The van der Waals surface area contributed by atoms with Crippen LogP contribution < -0.4 is 0 Å². The van der Waals surface area contributed by atoms with Gasteiger partial charge in [0.15, 0.2) is 0 Å². The first-order valence-electron chi connectivity index (χ1n) is 5.87. The van der Waals surface area contributed by atoms with Crippen molar-refractivity contribution in [3.05, 3.63) is 40.4 Å². The third-order valence-electron chi connectivity index (χ3n) is 3.23. The summed E-state index contributed by atoms with van der Waals surface area (Å²) in [5.74, 6) is -0.452. The molecule has 1 aromatic rings. The van der Waals surface area contributed by atoms with E-state index >= 15 is 0 Å². The Bertz CT molecular complexity index is 445. The first kappa shape index (κ1) is 12.4. The molecule has 1 fully saturated rings. The molecule has 0 unspecified atom stereocenters. The molecule has 0 aromatic heterocycles. The van der Waals surface area contributed by atoms with Crippen molar-refractivity contribution in [1.29, 1.82) is 0 Å². The zero-order valence-electron chi connectivity index (χ0n) is 9.53. The summed E-state index contributed by atoms with van der Waals surface area (Å²) < 4.78 is 0.990. The normalized spacial score (nSPS) is 17.4. The van der Waals surface area contributed by atoms with Crippen molar-refractivity contribution in [2.75, 3.05) is 0 Å². The van der Waals surface area contributed by atoms with Gasteiger partial charge in [-0.2, -0.15) is 0 Å². The number of benzene rings is 1. The Morgan fingerprint density at radius 1 is 1.35 bits per heavy atom. The van der Waals surface area contributed by atoms with Gasteiger partial charge in [0.25, 0.3) is 0 Å². The fraction of sp³-hybridized carbons (Fsp3) is 0.357. The molecule has 0 heterocycles. The van der Waals surface area contributed by atoms with Gasteiger partial charge in [-0.15, -0.1) is 0 Å². The maximum atomic E-state index is 10.9. The highest BCUT2D eigenvalue weighted by atomic mass is 79.9. The van der Waals surface area contributed by atoms with Crippen molar-refractivity contribution >= 4 is 27.5 Å². The van der Waals surface area contributed by atoms with Gasteiger partial charge >= 0.3 is 5.97 Å². The molecule has 90 valence electrons. The molecule has 1 N–H and O–H groups in total. The largest absolute Gasteiger partial charge is 0.478 e. The average molecular weight is 295 g/mol. The van der Waals surface area contributed by atoms with Gasteiger partial charge in [0.05, 0.1) is 0 Å². The number of rotatable bonds is 3. The number of carboxylic acid groups (broad SMARTS) is 1. The molecule has 0 spiro atoms. The Kier molecular flexibility index (Phi) is 4.00. The number of carbonyl (C=O) groups is 1. The molecule has 3 heteroatoms. The summed E-state index contributed by atoms with van der Waals surface area (Å²) in [6.07, 6.45) is 5.99. The summed E-state index contributed by atoms with van der Waals surface area (Å²) in [4.78, 5) is 10.9. The molecular formula is C14H15BrO2. The topological polar surface area (TPSA) is 37.3 Å². The van der Waals surface area contributed by atoms with Crippen LogP contribution in [0.25, 0.3) is 5.57 Å². The van der Waals surface area contributed by atoms with E-state index in [1.807, 2.05) is 24.3 Å². The molecule has 0 radical (unpaired) electrons. The van der Waals surface area contributed by atoms with Crippen molar-refractivity contribution in [3.63, 3.8) is 0 Å². The van der Waals surface area contributed by atoms with Crippen molar-refractivity contribution in [2.45, 2.75) is 25.7 Å². The van der Waals surface area contributed by atoms with E-state index in [1.165, 1.54) is 18.9 Å². The van der Waals surface area contributed by atoms with Crippen LogP contribution in [0.3, 0.4) is 0 Å². The van der Waals surface area contributed by atoms with Gasteiger partial charge in [-0.25, -0.2) is 4.79 Å². The van der Waals surface area contributed by atoms with Crippen LogP contribution in [0.1, 0.15) is 31.2 Å². The highest BCUT2D eigenvalue weighted by molar-refractivity contribution is 9.10. The molecule has 0 saturated heterocycles. The van der Waals surface area contributed by atoms with Crippen LogP contribution in [-0.4, -0.2) is 11.1 Å². The zero-order chi connectivity index (χ0) is 12.3. The summed E-state index contributed by atoms with van der Waals surface area (Å²) in [6, 6.07) is 7.88. The Morgan fingerprint density at radius 3 is 2.65 bits per heavy atom. The van der Waals surface area contributed by atoms with E-state index in [-0.39, 0.29) is 0 Å². The lowest BCUT2D eigenvalue weighted by atomic mass is 9.91. The van der Waals surface area contributed by atoms with E-state index in [4.69, 9.17) is 5.11 Å². The van der Waals surface area contributed by atoms with Crippen molar-refractivity contribution in [1.82, 2.24) is 0 Å². The van der Waals surface area contributed by atoms with Crippen LogP contribution in [-0.2, 0) is 4.79 Å². The minimum atomic E-state index is -0.855. The van der Waals surface area contributed by atoms with E-state index in [1.54, 1.807) is 0 Å². The minimum Gasteiger partial charge on any atom is -0.478 e. The van der Waals surface area contributed by atoms with Crippen molar-refractivity contribution in [2.24, 2.45) is 5.92 Å². The first-order chi connectivity index (χ1) is 8.16. The Hall–Kier alpha value is -1.09. The zero-order valence-corrected chi connectivity index (χ0v) is 11.1. The van der Waals surface area contributed by atoms with Crippen molar-refractivity contribution in [3.8, 4) is 0 Å². The van der Waals surface area contributed by atoms with Crippen LogP contribution in [0.4, 0.5) is 0 Å². The van der Waals surface area contributed by atoms with Gasteiger partial charge in [0.1, 0.15) is 0 Å². The van der Waals surface area contributed by atoms with E-state index in [0.717, 1.165) is 28.5 Å². The lowest BCUT2D eigenvalue weighted by molar-refractivity contribution is -0.131. The molecule has 1 aliphatic carbocycles. The van der Waals surface area contributed by atoms with Crippen LogP contribution in [0, 0.1) is 5.92 Å². The number of allylic oxidation sites excluding steroid dienone is 1. The van der Waals surface area contributed by atoms with E-state index in [0.29, 0.717) is 5.92 Å². The monoisotopic (exact) mass is 294 g/mol. The van der Waals surface area contributed by atoms with Gasteiger partial charge in [0.2, 0.25) is 0 Å². The number of hydrogen-bond donors (Lipinski definition) is 1. The molecule has 0 atom stereocenters. The first-order valence-corrected chi connectivity index (χ1v) is 6.66. The predicted octanol–water partition coefficient (Wildman–Crippen LogP) is 4.11. The predicted molar refractivity (Wildman–Crippen MR) is 71.7 cm³/mol. The second-order valence-corrected chi connectivity index (χ2v) is 5.35. The highest BCUT2D eigenvalue weighted by Gasteiger charge is 2.21. The molecule has 1 saturated carbocycles. The molecule has 2 rings (SSSR count). The lowest BCUT2D eigenvalue weighted by Gasteiger charge is -2.14. The second kappa shape index (κ2) is 5.50. The number of carboxylic acids is 1. The minimum absolute atomic E-state index is 0.403.